The molecule has 1 aromatic heterocycles. The highest BCUT2D eigenvalue weighted by Gasteiger charge is 2.15. The molecule has 0 saturated carbocycles. The lowest BCUT2D eigenvalue weighted by atomic mass is 10.1. The molecule has 0 aliphatic rings. The van der Waals surface area contributed by atoms with Crippen molar-refractivity contribution in [2.24, 2.45) is 0 Å². The third-order valence-corrected chi connectivity index (χ3v) is 2.17. The Morgan fingerprint density at radius 3 is 2.73 bits per heavy atom. The molecule has 3 nitrogen and oxygen atoms in total. The predicted octanol–water partition coefficient (Wildman–Crippen LogP) is 2.12. The Hall–Kier alpha value is -1.41. The minimum absolute atomic E-state index is 0.0203. The summed E-state index contributed by atoms with van der Waals surface area (Å²) in [6, 6.07) is 2.86. The van der Waals surface area contributed by atoms with Gasteiger partial charge in [-0.2, -0.15) is 5.26 Å². The van der Waals surface area contributed by atoms with Gasteiger partial charge in [-0.05, 0) is 11.6 Å². The van der Waals surface area contributed by atoms with Gasteiger partial charge >= 0.3 is 0 Å². The molecule has 0 bridgehead atoms. The summed E-state index contributed by atoms with van der Waals surface area (Å²) in [5, 5.41) is 8.45. The van der Waals surface area contributed by atoms with Gasteiger partial charge in [-0.25, -0.2) is 8.78 Å². The number of hydrogen-bond donors (Lipinski definition) is 1. The fourth-order valence-electron chi connectivity index (χ4n) is 1.15. The van der Waals surface area contributed by atoms with Crippen LogP contribution in [0, 0.1) is 11.3 Å². The number of halogens is 3. The molecule has 0 aromatic carbocycles. The van der Waals surface area contributed by atoms with E-state index in [-0.39, 0.29) is 12.3 Å². The number of aromatic nitrogens is 1. The molecule has 1 aromatic rings. The average Bonchev–Trinajstić information content (AvgIpc) is 2.18. The smallest absolute Gasteiger partial charge is 0.269 e. The maximum absolute atomic E-state index is 12.3. The lowest BCUT2D eigenvalue weighted by Crippen LogP contribution is -2.16. The van der Waals surface area contributed by atoms with Gasteiger partial charge in [0.25, 0.3) is 12.0 Å². The zero-order chi connectivity index (χ0) is 11.4. The van der Waals surface area contributed by atoms with E-state index in [1.807, 2.05) is 6.07 Å². The van der Waals surface area contributed by atoms with E-state index in [4.69, 9.17) is 16.9 Å². The lowest BCUT2D eigenvalue weighted by molar-refractivity contribution is 0.149. The van der Waals surface area contributed by atoms with Gasteiger partial charge < -0.3 is 4.98 Å². The number of alkyl halides is 3. The SMILES string of the molecule is N#CCc1[nH]c(=O)c(C(F)F)cc1CCl. The van der Waals surface area contributed by atoms with Crippen molar-refractivity contribution in [3.05, 3.63) is 33.2 Å². The van der Waals surface area contributed by atoms with Crippen LogP contribution in [0.5, 0.6) is 0 Å². The fourth-order valence-corrected chi connectivity index (χ4v) is 1.39. The number of hydrogen-bond acceptors (Lipinski definition) is 2. The Morgan fingerprint density at radius 2 is 2.27 bits per heavy atom. The van der Waals surface area contributed by atoms with Gasteiger partial charge in [-0.1, -0.05) is 0 Å². The highest BCUT2D eigenvalue weighted by Crippen LogP contribution is 2.18. The van der Waals surface area contributed by atoms with Crippen molar-refractivity contribution in [3.63, 3.8) is 0 Å². The molecule has 0 amide bonds. The molecule has 1 heterocycles. The standard InChI is InChI=1S/C9H7ClF2N2O/c10-4-5-3-6(8(11)12)9(15)14-7(5)1-2-13/h3,8H,1,4H2,(H,14,15). The normalized spacial score (nSPS) is 10.3. The van der Waals surface area contributed by atoms with Crippen molar-refractivity contribution in [1.82, 2.24) is 4.98 Å². The summed E-state index contributed by atoms with van der Waals surface area (Å²) in [6.45, 7) is 0. The highest BCUT2D eigenvalue weighted by atomic mass is 35.5. The quantitative estimate of drug-likeness (QED) is 0.812. The summed E-state index contributed by atoms with van der Waals surface area (Å²) in [4.78, 5) is 13.4. The van der Waals surface area contributed by atoms with Crippen molar-refractivity contribution < 1.29 is 8.78 Å². The van der Waals surface area contributed by atoms with Crippen molar-refractivity contribution in [3.8, 4) is 6.07 Å². The van der Waals surface area contributed by atoms with E-state index >= 15 is 0 Å². The molecule has 0 unspecified atom stereocenters. The molecular formula is C9H7ClF2N2O. The number of nitrogens with one attached hydrogen (secondary N) is 1. The summed E-state index contributed by atoms with van der Waals surface area (Å²) < 4.78 is 24.7. The van der Waals surface area contributed by atoms with Crippen LogP contribution in [-0.2, 0) is 12.3 Å². The highest BCUT2D eigenvalue weighted by molar-refractivity contribution is 6.17. The summed E-state index contributed by atoms with van der Waals surface area (Å²) in [5.41, 5.74) is -0.841. The van der Waals surface area contributed by atoms with Crippen LogP contribution in [0.1, 0.15) is 23.2 Å². The Labute approximate surface area is 89.3 Å². The van der Waals surface area contributed by atoms with Gasteiger partial charge in [0.1, 0.15) is 0 Å². The number of pyridine rings is 1. The van der Waals surface area contributed by atoms with E-state index < -0.39 is 17.5 Å². The topological polar surface area (TPSA) is 56.6 Å². The lowest BCUT2D eigenvalue weighted by Gasteiger charge is -2.06. The van der Waals surface area contributed by atoms with E-state index in [0.717, 1.165) is 6.07 Å². The molecular weight excluding hydrogens is 226 g/mol. The third-order valence-electron chi connectivity index (χ3n) is 1.88. The first kappa shape index (κ1) is 11.7. The van der Waals surface area contributed by atoms with Crippen molar-refractivity contribution in [2.45, 2.75) is 18.7 Å². The molecule has 6 heteroatoms. The van der Waals surface area contributed by atoms with Gasteiger partial charge in [-0.15, -0.1) is 11.6 Å². The van der Waals surface area contributed by atoms with Gasteiger partial charge in [0.2, 0.25) is 0 Å². The maximum atomic E-state index is 12.3. The van der Waals surface area contributed by atoms with Crippen LogP contribution >= 0.6 is 11.6 Å². The number of H-pyrrole nitrogens is 1. The van der Waals surface area contributed by atoms with E-state index in [0.29, 0.717) is 11.3 Å². The van der Waals surface area contributed by atoms with E-state index in [2.05, 4.69) is 4.98 Å². The predicted molar refractivity (Wildman–Crippen MR) is 50.9 cm³/mol. The Kier molecular flexibility index (Phi) is 3.81. The van der Waals surface area contributed by atoms with Gasteiger partial charge in [-0.3, -0.25) is 4.79 Å². The average molecular weight is 233 g/mol. The van der Waals surface area contributed by atoms with E-state index in [1.165, 1.54) is 0 Å². The van der Waals surface area contributed by atoms with Crippen LogP contribution in [-0.4, -0.2) is 4.98 Å². The molecule has 0 atom stereocenters. The van der Waals surface area contributed by atoms with E-state index in [9.17, 15) is 13.6 Å². The molecule has 1 rings (SSSR count). The second-order valence-corrected chi connectivity index (χ2v) is 3.09. The number of rotatable bonds is 3. The maximum Gasteiger partial charge on any atom is 0.269 e. The number of nitrogens with zero attached hydrogens (tertiary/aromatic N) is 1. The largest absolute Gasteiger partial charge is 0.324 e. The fraction of sp³-hybridized carbons (Fsp3) is 0.333. The van der Waals surface area contributed by atoms with Gasteiger partial charge in [0, 0.05) is 11.6 Å². The van der Waals surface area contributed by atoms with Crippen LogP contribution < -0.4 is 5.56 Å². The molecule has 0 fully saturated rings. The molecule has 1 N–H and O–H groups in total. The minimum Gasteiger partial charge on any atom is -0.324 e. The molecule has 80 valence electrons. The molecule has 0 aliphatic heterocycles. The summed E-state index contributed by atoms with van der Waals surface area (Å²) in [6.07, 6.45) is -2.90. The number of nitriles is 1. The molecule has 0 saturated heterocycles. The molecule has 0 radical (unpaired) electrons. The zero-order valence-electron chi connectivity index (χ0n) is 7.56. The third kappa shape index (κ3) is 2.54. The summed E-state index contributed by atoms with van der Waals surface area (Å²) in [5.74, 6) is -0.0203. The number of aromatic amines is 1. The Bertz CT molecular complexity index is 450. The summed E-state index contributed by atoms with van der Waals surface area (Å²) in [7, 11) is 0. The van der Waals surface area contributed by atoms with Crippen LogP contribution in [0.3, 0.4) is 0 Å². The van der Waals surface area contributed by atoms with Crippen molar-refractivity contribution in [2.75, 3.05) is 0 Å². The second-order valence-electron chi connectivity index (χ2n) is 2.83. The minimum atomic E-state index is -2.84. The van der Waals surface area contributed by atoms with Crippen molar-refractivity contribution in [1.29, 1.82) is 5.26 Å². The van der Waals surface area contributed by atoms with Crippen molar-refractivity contribution >= 4 is 11.6 Å². The zero-order valence-corrected chi connectivity index (χ0v) is 8.31. The first-order chi connectivity index (χ1) is 7.10. The molecule has 0 aliphatic carbocycles. The van der Waals surface area contributed by atoms with Gasteiger partial charge in [0.15, 0.2) is 0 Å². The van der Waals surface area contributed by atoms with Crippen LogP contribution in [0.25, 0.3) is 0 Å². The molecule has 0 spiro atoms. The van der Waals surface area contributed by atoms with Crippen LogP contribution in [0.15, 0.2) is 10.9 Å². The monoisotopic (exact) mass is 232 g/mol. The van der Waals surface area contributed by atoms with E-state index in [1.54, 1.807) is 0 Å². The Morgan fingerprint density at radius 1 is 1.60 bits per heavy atom. The van der Waals surface area contributed by atoms with Gasteiger partial charge in [0.05, 0.1) is 18.1 Å². The summed E-state index contributed by atoms with van der Waals surface area (Å²) >= 11 is 5.52. The first-order valence-corrected chi connectivity index (χ1v) is 4.59. The Balaban J connectivity index is 3.30. The van der Waals surface area contributed by atoms with Crippen LogP contribution in [0.2, 0.25) is 0 Å². The first-order valence-electron chi connectivity index (χ1n) is 4.06. The van der Waals surface area contributed by atoms with Crippen LogP contribution in [0.4, 0.5) is 8.78 Å². The molecule has 15 heavy (non-hydrogen) atoms. The second kappa shape index (κ2) is 4.89.